The van der Waals surface area contributed by atoms with Crippen molar-refractivity contribution in [2.75, 3.05) is 20.1 Å². The van der Waals surface area contributed by atoms with Gasteiger partial charge in [0, 0.05) is 31.1 Å². The zero-order valence-corrected chi connectivity index (χ0v) is 15.6. The van der Waals surface area contributed by atoms with Gasteiger partial charge >= 0.3 is 0 Å². The molecule has 0 unspecified atom stereocenters. The molecule has 1 amide bonds. The number of nitrogens with zero attached hydrogens (tertiary/aromatic N) is 4. The van der Waals surface area contributed by atoms with Crippen LogP contribution in [0.5, 0.6) is 0 Å². The molecular formula is C18H26N4OS. The number of carbonyl (C=O) groups excluding carboxylic acids is 1. The lowest BCUT2D eigenvalue weighted by molar-refractivity contribution is 0.0717. The van der Waals surface area contributed by atoms with Gasteiger partial charge in [0.1, 0.15) is 0 Å². The van der Waals surface area contributed by atoms with Crippen LogP contribution in [0.3, 0.4) is 0 Å². The predicted octanol–water partition coefficient (Wildman–Crippen LogP) is 3.08. The highest BCUT2D eigenvalue weighted by molar-refractivity contribution is 7.09. The lowest BCUT2D eigenvalue weighted by Gasteiger charge is -2.23. The third-order valence-corrected chi connectivity index (χ3v) is 5.08. The van der Waals surface area contributed by atoms with Crippen LogP contribution in [0.4, 0.5) is 0 Å². The van der Waals surface area contributed by atoms with Gasteiger partial charge in [-0.25, -0.2) is 0 Å². The van der Waals surface area contributed by atoms with E-state index in [1.807, 2.05) is 21.7 Å². The molecule has 0 spiro atoms. The van der Waals surface area contributed by atoms with Gasteiger partial charge in [-0.1, -0.05) is 19.9 Å². The summed E-state index contributed by atoms with van der Waals surface area (Å²) in [4.78, 5) is 18.5. The lowest BCUT2D eigenvalue weighted by Crippen LogP contribution is -2.33. The standard InChI is InChI=1S/C18H26N4OS/c1-14(2)11-21(13-16-6-4-9-24-16)18(23)17-10-15-12-20(3)7-5-8-22(15)19-17/h4,6,9-10,14H,5,7-8,11-13H2,1-3H3. The number of thiophene rings is 1. The number of amides is 1. The number of aryl methyl sites for hydroxylation is 1. The zero-order valence-electron chi connectivity index (χ0n) is 14.7. The Hall–Kier alpha value is -1.66. The molecule has 1 aliphatic heterocycles. The molecule has 5 nitrogen and oxygen atoms in total. The zero-order chi connectivity index (χ0) is 17.1. The molecule has 0 saturated carbocycles. The molecule has 0 saturated heterocycles. The summed E-state index contributed by atoms with van der Waals surface area (Å²) in [5.41, 5.74) is 1.72. The van der Waals surface area contributed by atoms with Crippen LogP contribution in [0.2, 0.25) is 0 Å². The molecule has 2 aromatic heterocycles. The van der Waals surface area contributed by atoms with Crippen molar-refractivity contribution in [1.82, 2.24) is 19.6 Å². The summed E-state index contributed by atoms with van der Waals surface area (Å²) in [7, 11) is 2.12. The van der Waals surface area contributed by atoms with Crippen LogP contribution in [0.1, 0.15) is 41.3 Å². The summed E-state index contributed by atoms with van der Waals surface area (Å²) in [6.45, 7) is 8.52. The molecule has 0 radical (unpaired) electrons. The van der Waals surface area contributed by atoms with Gasteiger partial charge in [0.2, 0.25) is 0 Å². The van der Waals surface area contributed by atoms with E-state index in [4.69, 9.17) is 0 Å². The van der Waals surface area contributed by atoms with Gasteiger partial charge in [0.25, 0.3) is 5.91 Å². The number of carbonyl (C=O) groups is 1. The summed E-state index contributed by atoms with van der Waals surface area (Å²) in [6, 6.07) is 6.10. The van der Waals surface area contributed by atoms with E-state index in [0.29, 0.717) is 18.2 Å². The Balaban J connectivity index is 1.80. The largest absolute Gasteiger partial charge is 0.332 e. The number of fused-ring (bicyclic) bond motifs is 1. The number of hydrogen-bond donors (Lipinski definition) is 0. The Bertz CT molecular complexity index is 677. The fourth-order valence-corrected chi connectivity index (χ4v) is 3.86. The van der Waals surface area contributed by atoms with Crippen LogP contribution >= 0.6 is 11.3 Å². The Morgan fingerprint density at radius 3 is 2.96 bits per heavy atom. The summed E-state index contributed by atoms with van der Waals surface area (Å²) in [6.07, 6.45) is 1.07. The highest BCUT2D eigenvalue weighted by atomic mass is 32.1. The van der Waals surface area contributed by atoms with Gasteiger partial charge in [-0.05, 0) is 36.9 Å². The molecule has 0 fully saturated rings. The van der Waals surface area contributed by atoms with Crippen LogP contribution in [0, 0.1) is 5.92 Å². The van der Waals surface area contributed by atoms with Crippen molar-refractivity contribution in [3.63, 3.8) is 0 Å². The molecule has 6 heteroatoms. The summed E-state index contributed by atoms with van der Waals surface area (Å²) >= 11 is 1.70. The quantitative estimate of drug-likeness (QED) is 0.835. The minimum absolute atomic E-state index is 0.0420. The van der Waals surface area contributed by atoms with Crippen molar-refractivity contribution >= 4 is 17.2 Å². The molecule has 3 rings (SSSR count). The number of rotatable bonds is 5. The van der Waals surface area contributed by atoms with Crippen molar-refractivity contribution < 1.29 is 4.79 Å². The Kier molecular flexibility index (Phi) is 5.36. The van der Waals surface area contributed by atoms with E-state index < -0.39 is 0 Å². The van der Waals surface area contributed by atoms with Crippen LogP contribution in [-0.2, 0) is 19.6 Å². The van der Waals surface area contributed by atoms with Gasteiger partial charge < -0.3 is 9.80 Å². The summed E-state index contributed by atoms with van der Waals surface area (Å²) in [5.74, 6) is 0.473. The average Bonchev–Trinajstić information content (AvgIpc) is 3.13. The molecule has 2 aromatic rings. The van der Waals surface area contributed by atoms with Gasteiger partial charge in [0.15, 0.2) is 5.69 Å². The van der Waals surface area contributed by atoms with Gasteiger partial charge in [-0.2, -0.15) is 5.10 Å². The highest BCUT2D eigenvalue weighted by Gasteiger charge is 2.23. The monoisotopic (exact) mass is 346 g/mol. The molecule has 24 heavy (non-hydrogen) atoms. The molecule has 1 aliphatic rings. The van der Waals surface area contributed by atoms with E-state index in [-0.39, 0.29) is 5.91 Å². The van der Waals surface area contributed by atoms with Crippen LogP contribution < -0.4 is 0 Å². The maximum absolute atomic E-state index is 13.0. The average molecular weight is 347 g/mol. The van der Waals surface area contributed by atoms with Crippen molar-refractivity contribution in [1.29, 1.82) is 0 Å². The minimum Gasteiger partial charge on any atom is -0.332 e. The second-order valence-electron chi connectivity index (χ2n) is 6.99. The molecule has 0 aliphatic carbocycles. The molecule has 130 valence electrons. The van der Waals surface area contributed by atoms with Crippen molar-refractivity contribution in [3.05, 3.63) is 39.8 Å². The Morgan fingerprint density at radius 2 is 2.25 bits per heavy atom. The topological polar surface area (TPSA) is 41.4 Å². The highest BCUT2D eigenvalue weighted by Crippen LogP contribution is 2.18. The van der Waals surface area contributed by atoms with E-state index in [0.717, 1.165) is 38.3 Å². The number of hydrogen-bond acceptors (Lipinski definition) is 4. The Morgan fingerprint density at radius 1 is 1.42 bits per heavy atom. The fourth-order valence-electron chi connectivity index (χ4n) is 3.14. The molecule has 3 heterocycles. The van der Waals surface area contributed by atoms with E-state index >= 15 is 0 Å². The Labute approximate surface area is 147 Å². The molecule has 0 bridgehead atoms. The van der Waals surface area contributed by atoms with E-state index in [1.54, 1.807) is 11.3 Å². The van der Waals surface area contributed by atoms with Crippen molar-refractivity contribution in [2.24, 2.45) is 5.92 Å². The smallest absolute Gasteiger partial charge is 0.274 e. The van der Waals surface area contributed by atoms with Gasteiger partial charge in [-0.3, -0.25) is 9.48 Å². The van der Waals surface area contributed by atoms with E-state index in [1.165, 1.54) is 4.88 Å². The molecule has 0 aromatic carbocycles. The maximum Gasteiger partial charge on any atom is 0.274 e. The first-order valence-corrected chi connectivity index (χ1v) is 9.48. The maximum atomic E-state index is 13.0. The van der Waals surface area contributed by atoms with Crippen LogP contribution in [0.25, 0.3) is 0 Å². The second-order valence-corrected chi connectivity index (χ2v) is 8.03. The first-order chi connectivity index (χ1) is 11.5. The summed E-state index contributed by atoms with van der Waals surface area (Å²) < 4.78 is 2.01. The third-order valence-electron chi connectivity index (χ3n) is 4.22. The third kappa shape index (κ3) is 4.05. The van der Waals surface area contributed by atoms with E-state index in [2.05, 4.69) is 42.3 Å². The molecule has 0 atom stereocenters. The van der Waals surface area contributed by atoms with Crippen LogP contribution in [-0.4, -0.2) is 45.6 Å². The minimum atomic E-state index is 0.0420. The molecule has 0 N–H and O–H groups in total. The lowest BCUT2D eigenvalue weighted by atomic mass is 10.2. The first kappa shape index (κ1) is 17.2. The van der Waals surface area contributed by atoms with E-state index in [9.17, 15) is 4.79 Å². The fraction of sp³-hybridized carbons (Fsp3) is 0.556. The summed E-state index contributed by atoms with van der Waals surface area (Å²) in [5, 5.41) is 6.66. The second kappa shape index (κ2) is 7.49. The predicted molar refractivity (Wildman–Crippen MR) is 97.1 cm³/mol. The number of aromatic nitrogens is 2. The first-order valence-electron chi connectivity index (χ1n) is 8.60. The van der Waals surface area contributed by atoms with Gasteiger partial charge in [-0.15, -0.1) is 11.3 Å². The molecular weight excluding hydrogens is 320 g/mol. The van der Waals surface area contributed by atoms with Crippen molar-refractivity contribution in [3.8, 4) is 0 Å². The van der Waals surface area contributed by atoms with Crippen molar-refractivity contribution in [2.45, 2.75) is 39.9 Å². The van der Waals surface area contributed by atoms with Gasteiger partial charge in [0.05, 0.1) is 12.2 Å². The normalized spacial score (nSPS) is 15.3. The van der Waals surface area contributed by atoms with Crippen LogP contribution in [0.15, 0.2) is 23.6 Å². The SMILES string of the molecule is CC(C)CN(Cc1cccs1)C(=O)c1cc2n(n1)CCCN(C)C2.